The summed E-state index contributed by atoms with van der Waals surface area (Å²) in [4.78, 5) is 22.3. The van der Waals surface area contributed by atoms with E-state index in [0.717, 1.165) is 6.07 Å². The van der Waals surface area contributed by atoms with E-state index in [-0.39, 0.29) is 17.3 Å². The number of nitrogens with one attached hydrogen (secondary N) is 1. The predicted molar refractivity (Wildman–Crippen MR) is 112 cm³/mol. The van der Waals surface area contributed by atoms with E-state index in [2.05, 4.69) is 20.3 Å². The molecule has 0 unspecified atom stereocenters. The largest absolute Gasteiger partial charge is 0.433 e. The lowest BCUT2D eigenvalue weighted by Gasteiger charge is -2.13. The molecule has 0 atom stereocenters. The fourth-order valence-corrected chi connectivity index (χ4v) is 3.00. The van der Waals surface area contributed by atoms with Crippen LogP contribution in [0.15, 0.2) is 79.1 Å². The average Bonchev–Trinajstić information content (AvgIpc) is 2.79. The molecule has 0 saturated carbocycles. The Balaban J connectivity index is 1.71. The SMILES string of the molecule is O=[N+]([O-])c1cccc(-c2cccc(Nc3cc(C(F)(F)F)nc(-c4cccnc4)n3)c2)c1. The second-order valence-electron chi connectivity index (χ2n) is 6.71. The number of rotatable bonds is 5. The Morgan fingerprint density at radius 1 is 0.875 bits per heavy atom. The first-order chi connectivity index (χ1) is 15.3. The fourth-order valence-electron chi connectivity index (χ4n) is 3.00. The fraction of sp³-hybridized carbons (Fsp3) is 0.0455. The van der Waals surface area contributed by atoms with Crippen molar-refractivity contribution in [2.24, 2.45) is 0 Å². The maximum absolute atomic E-state index is 13.4. The lowest BCUT2D eigenvalue weighted by Crippen LogP contribution is -2.11. The monoisotopic (exact) mass is 437 g/mol. The van der Waals surface area contributed by atoms with Gasteiger partial charge in [-0.25, -0.2) is 9.97 Å². The zero-order valence-corrected chi connectivity index (χ0v) is 16.2. The second kappa shape index (κ2) is 8.42. The number of aromatic nitrogens is 3. The van der Waals surface area contributed by atoms with Gasteiger partial charge in [-0.1, -0.05) is 24.3 Å². The quantitative estimate of drug-likeness (QED) is 0.310. The van der Waals surface area contributed by atoms with E-state index in [1.54, 1.807) is 48.5 Å². The molecule has 10 heteroatoms. The topological polar surface area (TPSA) is 93.8 Å². The van der Waals surface area contributed by atoms with Crippen LogP contribution >= 0.6 is 0 Å². The lowest BCUT2D eigenvalue weighted by molar-refractivity contribution is -0.384. The Morgan fingerprint density at radius 3 is 2.28 bits per heavy atom. The van der Waals surface area contributed by atoms with Gasteiger partial charge in [-0.3, -0.25) is 15.1 Å². The highest BCUT2D eigenvalue weighted by molar-refractivity contribution is 5.72. The molecule has 2 aromatic carbocycles. The molecule has 32 heavy (non-hydrogen) atoms. The van der Waals surface area contributed by atoms with Crippen molar-refractivity contribution in [2.45, 2.75) is 6.18 Å². The molecule has 0 saturated heterocycles. The summed E-state index contributed by atoms with van der Waals surface area (Å²) in [5.41, 5.74) is 0.884. The summed E-state index contributed by atoms with van der Waals surface area (Å²) < 4.78 is 40.2. The van der Waals surface area contributed by atoms with Crippen LogP contribution in [0.3, 0.4) is 0 Å². The van der Waals surface area contributed by atoms with Crippen molar-refractivity contribution in [3.05, 3.63) is 94.9 Å². The zero-order valence-electron chi connectivity index (χ0n) is 16.2. The van der Waals surface area contributed by atoms with Crippen molar-refractivity contribution in [3.63, 3.8) is 0 Å². The van der Waals surface area contributed by atoms with Gasteiger partial charge >= 0.3 is 6.18 Å². The van der Waals surface area contributed by atoms with E-state index in [1.165, 1.54) is 24.5 Å². The van der Waals surface area contributed by atoms with Crippen molar-refractivity contribution >= 4 is 17.2 Å². The molecule has 0 aliphatic heterocycles. The average molecular weight is 437 g/mol. The van der Waals surface area contributed by atoms with Crippen LogP contribution < -0.4 is 5.32 Å². The van der Waals surface area contributed by atoms with Crippen LogP contribution in [0.25, 0.3) is 22.5 Å². The Labute approximate surface area is 179 Å². The van der Waals surface area contributed by atoms with E-state index >= 15 is 0 Å². The highest BCUT2D eigenvalue weighted by Gasteiger charge is 2.34. The third-order valence-electron chi connectivity index (χ3n) is 4.46. The second-order valence-corrected chi connectivity index (χ2v) is 6.71. The van der Waals surface area contributed by atoms with Gasteiger partial charge in [-0.05, 0) is 35.4 Å². The van der Waals surface area contributed by atoms with Crippen LogP contribution in [0.2, 0.25) is 0 Å². The molecule has 160 valence electrons. The lowest BCUT2D eigenvalue weighted by atomic mass is 10.0. The van der Waals surface area contributed by atoms with Crippen LogP contribution in [0.5, 0.6) is 0 Å². The van der Waals surface area contributed by atoms with E-state index < -0.39 is 16.8 Å². The molecular formula is C22H14F3N5O2. The van der Waals surface area contributed by atoms with Crippen molar-refractivity contribution in [2.75, 3.05) is 5.32 Å². The van der Waals surface area contributed by atoms with Crippen LogP contribution in [-0.2, 0) is 6.18 Å². The third kappa shape index (κ3) is 4.69. The molecule has 1 N–H and O–H groups in total. The molecule has 0 bridgehead atoms. The zero-order chi connectivity index (χ0) is 22.7. The third-order valence-corrected chi connectivity index (χ3v) is 4.46. The molecule has 7 nitrogen and oxygen atoms in total. The number of nitrogens with zero attached hydrogens (tertiary/aromatic N) is 4. The number of non-ortho nitro benzene ring substituents is 1. The van der Waals surface area contributed by atoms with Gasteiger partial charge in [0.25, 0.3) is 5.69 Å². The van der Waals surface area contributed by atoms with Gasteiger partial charge in [0.2, 0.25) is 0 Å². The predicted octanol–water partition coefficient (Wildman–Crippen LogP) is 5.88. The molecule has 2 heterocycles. The number of alkyl halides is 3. The summed E-state index contributed by atoms with van der Waals surface area (Å²) in [5, 5.41) is 13.9. The summed E-state index contributed by atoms with van der Waals surface area (Å²) >= 11 is 0. The first-order valence-electron chi connectivity index (χ1n) is 9.28. The summed E-state index contributed by atoms with van der Waals surface area (Å²) in [6.45, 7) is 0. The number of nitro benzene ring substituents is 1. The normalized spacial score (nSPS) is 11.2. The minimum atomic E-state index is -4.67. The van der Waals surface area contributed by atoms with E-state index in [1.807, 2.05) is 0 Å². The number of nitro groups is 1. The highest BCUT2D eigenvalue weighted by atomic mass is 19.4. The molecule has 0 radical (unpaired) electrons. The summed E-state index contributed by atoms with van der Waals surface area (Å²) in [6.07, 6.45) is -1.79. The Morgan fingerprint density at radius 2 is 1.59 bits per heavy atom. The van der Waals surface area contributed by atoms with Gasteiger partial charge in [0.15, 0.2) is 11.5 Å². The number of anilines is 2. The molecule has 0 amide bonds. The number of halogens is 3. The Bertz CT molecular complexity index is 1280. The summed E-state index contributed by atoms with van der Waals surface area (Å²) in [5.74, 6) is -0.173. The Kier molecular flexibility index (Phi) is 5.50. The van der Waals surface area contributed by atoms with E-state index in [9.17, 15) is 23.3 Å². The van der Waals surface area contributed by atoms with Gasteiger partial charge in [0, 0.05) is 41.8 Å². The molecule has 0 fully saturated rings. The smallest absolute Gasteiger partial charge is 0.340 e. The van der Waals surface area contributed by atoms with Crippen LogP contribution in [0.1, 0.15) is 5.69 Å². The van der Waals surface area contributed by atoms with Crippen LogP contribution in [-0.4, -0.2) is 19.9 Å². The minimum absolute atomic E-state index is 0.0534. The molecule has 0 aliphatic carbocycles. The standard InChI is InChI=1S/C22H14F3N5O2/c23-22(24,25)19-12-20(29-21(28-19)16-6-3-9-26-13-16)27-17-7-1-4-14(10-17)15-5-2-8-18(11-15)30(31)32/h1-13H,(H,27,28,29). The van der Waals surface area contributed by atoms with Gasteiger partial charge in [-0.2, -0.15) is 13.2 Å². The van der Waals surface area contributed by atoms with Crippen LogP contribution in [0, 0.1) is 10.1 Å². The molecule has 4 aromatic rings. The number of benzene rings is 2. The Hall–Kier alpha value is -4.34. The summed E-state index contributed by atoms with van der Waals surface area (Å²) in [7, 11) is 0. The minimum Gasteiger partial charge on any atom is -0.340 e. The first-order valence-corrected chi connectivity index (χ1v) is 9.28. The van der Waals surface area contributed by atoms with Crippen molar-refractivity contribution in [3.8, 4) is 22.5 Å². The van der Waals surface area contributed by atoms with Crippen molar-refractivity contribution in [1.29, 1.82) is 0 Å². The van der Waals surface area contributed by atoms with Gasteiger partial charge in [0.05, 0.1) is 4.92 Å². The number of hydrogen-bond acceptors (Lipinski definition) is 6. The van der Waals surface area contributed by atoms with E-state index in [0.29, 0.717) is 22.4 Å². The van der Waals surface area contributed by atoms with Crippen LogP contribution in [0.4, 0.5) is 30.4 Å². The highest BCUT2D eigenvalue weighted by Crippen LogP contribution is 2.32. The molecule has 2 aromatic heterocycles. The maximum Gasteiger partial charge on any atom is 0.433 e. The molecule has 0 aliphatic rings. The number of pyridine rings is 1. The molecule has 0 spiro atoms. The van der Waals surface area contributed by atoms with Gasteiger partial charge < -0.3 is 5.32 Å². The number of hydrogen-bond donors (Lipinski definition) is 1. The van der Waals surface area contributed by atoms with Crippen molar-refractivity contribution in [1.82, 2.24) is 15.0 Å². The van der Waals surface area contributed by atoms with E-state index in [4.69, 9.17) is 0 Å². The van der Waals surface area contributed by atoms with Gasteiger partial charge in [0.1, 0.15) is 5.82 Å². The van der Waals surface area contributed by atoms with Gasteiger partial charge in [-0.15, -0.1) is 0 Å². The maximum atomic E-state index is 13.4. The molecular weight excluding hydrogens is 423 g/mol. The van der Waals surface area contributed by atoms with Crippen molar-refractivity contribution < 1.29 is 18.1 Å². The summed E-state index contributed by atoms with van der Waals surface area (Å²) in [6, 6.07) is 16.8. The molecule has 4 rings (SSSR count). The first kappa shape index (κ1) is 20.9.